The van der Waals surface area contributed by atoms with Crippen LogP contribution in [0.5, 0.6) is 11.5 Å². The van der Waals surface area contributed by atoms with Gasteiger partial charge in [-0.25, -0.2) is 9.78 Å². The number of nitrogens with zero attached hydrogens (tertiary/aromatic N) is 3. The van der Waals surface area contributed by atoms with Gasteiger partial charge in [-0.2, -0.15) is 0 Å². The second-order valence-corrected chi connectivity index (χ2v) is 8.08. The van der Waals surface area contributed by atoms with Gasteiger partial charge in [-0.3, -0.25) is 18.7 Å². The summed E-state index contributed by atoms with van der Waals surface area (Å²) in [6.45, 7) is 4.50. The van der Waals surface area contributed by atoms with E-state index in [1.54, 1.807) is 36.4 Å². The first kappa shape index (κ1) is 23.8. The molecule has 35 heavy (non-hydrogen) atoms. The SMILES string of the molecule is CCCn1c(=O)c2[nH]c(-c3ccc(OCC(=O)Nc4ccc(O)cc4)cc3)nc2n(CCC)c1=O. The van der Waals surface area contributed by atoms with E-state index < -0.39 is 0 Å². The van der Waals surface area contributed by atoms with E-state index in [4.69, 9.17) is 4.74 Å². The molecule has 0 spiro atoms. The zero-order chi connectivity index (χ0) is 24.9. The van der Waals surface area contributed by atoms with Gasteiger partial charge in [-0.1, -0.05) is 13.8 Å². The normalized spacial score (nSPS) is 11.0. The number of aromatic hydroxyl groups is 1. The van der Waals surface area contributed by atoms with Gasteiger partial charge in [0.05, 0.1) is 0 Å². The van der Waals surface area contributed by atoms with Crippen LogP contribution >= 0.6 is 0 Å². The van der Waals surface area contributed by atoms with Crippen molar-refractivity contribution in [2.75, 3.05) is 11.9 Å². The maximum Gasteiger partial charge on any atom is 0.332 e. The second-order valence-electron chi connectivity index (χ2n) is 8.08. The minimum absolute atomic E-state index is 0.115. The molecule has 1 amide bonds. The van der Waals surface area contributed by atoms with Gasteiger partial charge in [0, 0.05) is 24.3 Å². The predicted molar refractivity (Wildman–Crippen MR) is 133 cm³/mol. The van der Waals surface area contributed by atoms with Crippen molar-refractivity contribution in [2.45, 2.75) is 39.8 Å². The molecule has 4 aromatic rings. The molecule has 2 aromatic carbocycles. The van der Waals surface area contributed by atoms with Crippen LogP contribution in [-0.2, 0) is 17.9 Å². The van der Waals surface area contributed by atoms with E-state index in [9.17, 15) is 19.5 Å². The third kappa shape index (κ3) is 5.11. The number of fused-ring (bicyclic) bond motifs is 1. The van der Waals surface area contributed by atoms with E-state index in [1.807, 2.05) is 13.8 Å². The molecule has 0 aliphatic heterocycles. The topological polar surface area (TPSA) is 131 Å². The predicted octanol–water partition coefficient (Wildman–Crippen LogP) is 3.10. The smallest absolute Gasteiger partial charge is 0.332 e. The molecule has 182 valence electrons. The first-order valence-corrected chi connectivity index (χ1v) is 11.5. The molecule has 0 bridgehead atoms. The summed E-state index contributed by atoms with van der Waals surface area (Å²) in [7, 11) is 0. The number of hydrogen-bond donors (Lipinski definition) is 3. The average molecular weight is 478 g/mol. The van der Waals surface area contributed by atoms with Gasteiger partial charge in [0.15, 0.2) is 12.3 Å². The Morgan fingerprint density at radius 3 is 2.31 bits per heavy atom. The van der Waals surface area contributed by atoms with Crippen LogP contribution in [0.3, 0.4) is 0 Å². The Morgan fingerprint density at radius 2 is 1.66 bits per heavy atom. The molecule has 10 heteroatoms. The summed E-state index contributed by atoms with van der Waals surface area (Å²) in [5.74, 6) is 0.726. The lowest BCUT2D eigenvalue weighted by molar-refractivity contribution is -0.118. The Morgan fingerprint density at radius 1 is 1.00 bits per heavy atom. The first-order chi connectivity index (χ1) is 16.9. The summed E-state index contributed by atoms with van der Waals surface area (Å²) >= 11 is 0. The van der Waals surface area contributed by atoms with Gasteiger partial charge in [0.2, 0.25) is 0 Å². The van der Waals surface area contributed by atoms with E-state index in [1.165, 1.54) is 21.3 Å². The number of carbonyl (C=O) groups is 1. The number of H-pyrrole nitrogens is 1. The maximum absolute atomic E-state index is 12.9. The highest BCUT2D eigenvalue weighted by Crippen LogP contribution is 2.22. The molecule has 0 fully saturated rings. The summed E-state index contributed by atoms with van der Waals surface area (Å²) < 4.78 is 8.34. The van der Waals surface area contributed by atoms with Crippen molar-refractivity contribution < 1.29 is 14.6 Å². The number of aryl methyl sites for hydroxylation is 1. The molecule has 2 heterocycles. The quantitative estimate of drug-likeness (QED) is 0.318. The van der Waals surface area contributed by atoms with Crippen LogP contribution in [-0.4, -0.2) is 36.7 Å². The van der Waals surface area contributed by atoms with Gasteiger partial charge in [0.25, 0.3) is 11.5 Å². The monoisotopic (exact) mass is 477 g/mol. The van der Waals surface area contributed by atoms with Crippen LogP contribution in [0.4, 0.5) is 5.69 Å². The minimum atomic E-state index is -0.377. The molecule has 0 saturated carbocycles. The molecule has 4 rings (SSSR count). The molecule has 10 nitrogen and oxygen atoms in total. The fraction of sp³-hybridized carbons (Fsp3) is 0.280. The third-order valence-corrected chi connectivity index (χ3v) is 5.40. The van der Waals surface area contributed by atoms with Crippen molar-refractivity contribution in [3.05, 3.63) is 69.4 Å². The lowest BCUT2D eigenvalue weighted by Gasteiger charge is -2.09. The number of imidazole rings is 1. The van der Waals surface area contributed by atoms with Gasteiger partial charge < -0.3 is 20.1 Å². The Balaban J connectivity index is 1.52. The number of rotatable bonds is 9. The zero-order valence-corrected chi connectivity index (χ0v) is 19.6. The molecule has 0 aliphatic rings. The number of benzene rings is 2. The number of anilines is 1. The fourth-order valence-corrected chi connectivity index (χ4v) is 3.75. The van der Waals surface area contributed by atoms with E-state index in [2.05, 4.69) is 15.3 Å². The van der Waals surface area contributed by atoms with Crippen LogP contribution in [0.25, 0.3) is 22.6 Å². The number of nitrogens with one attached hydrogen (secondary N) is 2. The number of hydrogen-bond acceptors (Lipinski definition) is 6. The van der Waals surface area contributed by atoms with E-state index in [0.717, 1.165) is 6.42 Å². The van der Waals surface area contributed by atoms with Crippen LogP contribution in [0.15, 0.2) is 58.1 Å². The summed E-state index contributed by atoms with van der Waals surface area (Å²) in [6, 6.07) is 13.1. The highest BCUT2D eigenvalue weighted by atomic mass is 16.5. The number of aromatic amines is 1. The second kappa shape index (κ2) is 10.3. The molecule has 2 aromatic heterocycles. The van der Waals surface area contributed by atoms with Crippen molar-refractivity contribution >= 4 is 22.8 Å². The Kier molecular flexibility index (Phi) is 7.00. The minimum Gasteiger partial charge on any atom is -0.508 e. The fourth-order valence-electron chi connectivity index (χ4n) is 3.75. The first-order valence-electron chi connectivity index (χ1n) is 11.5. The molecule has 3 N–H and O–H groups in total. The molecule has 0 unspecified atom stereocenters. The average Bonchev–Trinajstić information content (AvgIpc) is 3.30. The lowest BCUT2D eigenvalue weighted by Crippen LogP contribution is -2.40. The molecule has 0 atom stereocenters. The van der Waals surface area contributed by atoms with Crippen molar-refractivity contribution in [3.8, 4) is 22.9 Å². The van der Waals surface area contributed by atoms with Gasteiger partial charge >= 0.3 is 5.69 Å². The molecular formula is C25H27N5O5. The van der Waals surface area contributed by atoms with Crippen LogP contribution in [0.1, 0.15) is 26.7 Å². The number of phenols is 1. The van der Waals surface area contributed by atoms with E-state index in [-0.39, 0.29) is 29.5 Å². The number of carbonyl (C=O) groups excluding carboxylic acids is 1. The van der Waals surface area contributed by atoms with Crippen molar-refractivity contribution in [2.24, 2.45) is 0 Å². The molecule has 0 aliphatic carbocycles. The zero-order valence-electron chi connectivity index (χ0n) is 19.6. The van der Waals surface area contributed by atoms with Crippen molar-refractivity contribution in [1.82, 2.24) is 19.1 Å². The highest BCUT2D eigenvalue weighted by molar-refractivity contribution is 5.91. The molecule has 0 radical (unpaired) electrons. The largest absolute Gasteiger partial charge is 0.508 e. The summed E-state index contributed by atoms with van der Waals surface area (Å²) in [5.41, 5.74) is 1.18. The number of aromatic nitrogens is 4. The molecular weight excluding hydrogens is 450 g/mol. The van der Waals surface area contributed by atoms with Crippen LogP contribution < -0.4 is 21.3 Å². The standard InChI is InChI=1S/C25H27N5O5/c1-3-13-29-23-21(24(33)30(14-4-2)25(29)34)27-22(28-23)16-5-11-19(12-6-16)35-15-20(32)26-17-7-9-18(31)10-8-17/h5-12,31H,3-4,13-15H2,1-2H3,(H,26,32)(H,27,28). The van der Waals surface area contributed by atoms with Crippen LogP contribution in [0.2, 0.25) is 0 Å². The molecule has 0 saturated heterocycles. The third-order valence-electron chi connectivity index (χ3n) is 5.40. The highest BCUT2D eigenvalue weighted by Gasteiger charge is 2.17. The number of amides is 1. The summed E-state index contributed by atoms with van der Waals surface area (Å²) in [6.07, 6.45) is 1.40. The van der Waals surface area contributed by atoms with Gasteiger partial charge in [0.1, 0.15) is 22.8 Å². The van der Waals surface area contributed by atoms with Crippen molar-refractivity contribution in [3.63, 3.8) is 0 Å². The van der Waals surface area contributed by atoms with Crippen molar-refractivity contribution in [1.29, 1.82) is 0 Å². The van der Waals surface area contributed by atoms with E-state index in [0.29, 0.717) is 53.5 Å². The Hall–Kier alpha value is -4.34. The van der Waals surface area contributed by atoms with Crippen LogP contribution in [0, 0.1) is 0 Å². The summed E-state index contributed by atoms with van der Waals surface area (Å²) in [5, 5.41) is 12.0. The van der Waals surface area contributed by atoms with Gasteiger partial charge in [-0.05, 0) is 61.4 Å². The number of ether oxygens (including phenoxy) is 1. The Bertz CT molecular complexity index is 1450. The lowest BCUT2D eigenvalue weighted by atomic mass is 10.2. The Labute approximate surface area is 200 Å². The van der Waals surface area contributed by atoms with E-state index >= 15 is 0 Å². The maximum atomic E-state index is 12.9. The number of phenolic OH excluding ortho intramolecular Hbond substituents is 1. The van der Waals surface area contributed by atoms with Gasteiger partial charge in [-0.15, -0.1) is 0 Å². The summed E-state index contributed by atoms with van der Waals surface area (Å²) in [4.78, 5) is 45.5.